The van der Waals surface area contributed by atoms with Crippen molar-refractivity contribution in [3.05, 3.63) is 82.4 Å². The van der Waals surface area contributed by atoms with Gasteiger partial charge in [-0.2, -0.15) is 4.98 Å². The number of aromatic nitrogens is 4. The lowest BCUT2D eigenvalue weighted by atomic mass is 10.1. The maximum Gasteiger partial charge on any atom is 0.253 e. The third-order valence-electron chi connectivity index (χ3n) is 4.85. The molecule has 0 N–H and O–H groups in total. The van der Waals surface area contributed by atoms with Crippen LogP contribution < -0.4 is 4.74 Å². The second kappa shape index (κ2) is 7.70. The van der Waals surface area contributed by atoms with E-state index in [1.165, 1.54) is 23.9 Å². The van der Waals surface area contributed by atoms with Crippen LogP contribution in [0.15, 0.2) is 53.7 Å². The molecule has 1 atom stereocenters. The third-order valence-corrected chi connectivity index (χ3v) is 5.74. The van der Waals surface area contributed by atoms with Crippen LogP contribution in [-0.4, -0.2) is 19.6 Å². The minimum atomic E-state index is -0.518. The SMILES string of the molecule is Cc1cc(C)n2nc(SCc3cc(F)cc4c3OC(c3ccccc3)OC4)nc2n1. The number of nitrogens with zero attached hydrogens (tertiary/aromatic N) is 4. The molecular weight excluding hydrogens is 403 g/mol. The zero-order valence-corrected chi connectivity index (χ0v) is 17.3. The lowest BCUT2D eigenvalue weighted by molar-refractivity contribution is -0.112. The molecule has 0 bridgehead atoms. The summed E-state index contributed by atoms with van der Waals surface area (Å²) < 4.78 is 27.8. The number of halogens is 1. The van der Waals surface area contributed by atoms with Crippen molar-refractivity contribution in [2.75, 3.05) is 0 Å². The van der Waals surface area contributed by atoms with Gasteiger partial charge in [0.2, 0.25) is 11.4 Å². The molecule has 0 saturated carbocycles. The van der Waals surface area contributed by atoms with Gasteiger partial charge < -0.3 is 9.47 Å². The Morgan fingerprint density at radius 1 is 1.13 bits per heavy atom. The average Bonchev–Trinajstić information content (AvgIpc) is 3.15. The molecule has 0 saturated heterocycles. The first-order valence-electron chi connectivity index (χ1n) is 9.55. The minimum Gasteiger partial charge on any atom is -0.460 e. The summed E-state index contributed by atoms with van der Waals surface area (Å²) in [5.74, 6) is 1.38. The summed E-state index contributed by atoms with van der Waals surface area (Å²) >= 11 is 1.42. The topological polar surface area (TPSA) is 61.5 Å². The zero-order valence-electron chi connectivity index (χ0n) is 16.5. The fourth-order valence-corrected chi connectivity index (χ4v) is 4.29. The number of ether oxygens (including phenoxy) is 2. The van der Waals surface area contributed by atoms with E-state index in [-0.39, 0.29) is 5.82 Å². The predicted molar refractivity (Wildman–Crippen MR) is 111 cm³/mol. The lowest BCUT2D eigenvalue weighted by Crippen LogP contribution is -2.19. The van der Waals surface area contributed by atoms with Crippen molar-refractivity contribution in [3.63, 3.8) is 0 Å². The standard InChI is InChI=1S/C22H19FN4O2S/c1-13-8-14(2)27-21(24-13)25-22(26-27)30-12-17-10-18(23)9-16-11-28-20(29-19(16)17)15-6-4-3-5-7-15/h3-10,20H,11-12H2,1-2H3. The monoisotopic (exact) mass is 422 g/mol. The van der Waals surface area contributed by atoms with Gasteiger partial charge in [0, 0.05) is 33.8 Å². The molecule has 5 rings (SSSR count). The van der Waals surface area contributed by atoms with Crippen LogP contribution in [0.25, 0.3) is 5.78 Å². The molecular formula is C22H19FN4O2S. The van der Waals surface area contributed by atoms with E-state index in [1.807, 2.05) is 50.2 Å². The summed E-state index contributed by atoms with van der Waals surface area (Å²) in [4.78, 5) is 8.91. The second-order valence-electron chi connectivity index (χ2n) is 7.16. The summed E-state index contributed by atoms with van der Waals surface area (Å²) in [5.41, 5.74) is 4.23. The molecule has 0 radical (unpaired) electrons. The fourth-order valence-electron chi connectivity index (χ4n) is 3.51. The number of hydrogen-bond acceptors (Lipinski definition) is 6. The molecule has 0 fully saturated rings. The largest absolute Gasteiger partial charge is 0.460 e. The van der Waals surface area contributed by atoms with Gasteiger partial charge in [-0.05, 0) is 32.0 Å². The van der Waals surface area contributed by atoms with Crippen LogP contribution >= 0.6 is 11.8 Å². The Kier molecular flexibility index (Phi) is 4.88. The highest BCUT2D eigenvalue weighted by Crippen LogP contribution is 2.38. The van der Waals surface area contributed by atoms with Gasteiger partial charge in [0.25, 0.3) is 5.78 Å². The number of thioether (sulfide) groups is 1. The molecule has 1 aliphatic rings. The first-order valence-corrected chi connectivity index (χ1v) is 10.5. The van der Waals surface area contributed by atoms with Crippen LogP contribution in [0.4, 0.5) is 4.39 Å². The number of rotatable bonds is 4. The summed E-state index contributed by atoms with van der Waals surface area (Å²) in [6.45, 7) is 4.18. The Bertz CT molecular complexity index is 1230. The number of aryl methyl sites for hydroxylation is 2. The van der Waals surface area contributed by atoms with Crippen LogP contribution in [0, 0.1) is 19.7 Å². The van der Waals surface area contributed by atoms with Crippen molar-refractivity contribution in [1.82, 2.24) is 19.6 Å². The lowest BCUT2D eigenvalue weighted by Gasteiger charge is -2.28. The van der Waals surface area contributed by atoms with Crippen LogP contribution in [0.3, 0.4) is 0 Å². The molecule has 2 aromatic carbocycles. The molecule has 30 heavy (non-hydrogen) atoms. The molecule has 152 valence electrons. The van der Waals surface area contributed by atoms with E-state index in [9.17, 15) is 4.39 Å². The first kappa shape index (κ1) is 19.0. The molecule has 2 aromatic heterocycles. The highest BCUT2D eigenvalue weighted by atomic mass is 32.2. The molecule has 1 unspecified atom stereocenters. The van der Waals surface area contributed by atoms with Gasteiger partial charge in [-0.3, -0.25) is 0 Å². The molecule has 4 aromatic rings. The van der Waals surface area contributed by atoms with Gasteiger partial charge in [0.15, 0.2) is 0 Å². The summed E-state index contributed by atoms with van der Waals surface area (Å²) in [5, 5.41) is 5.10. The molecule has 3 heterocycles. The van der Waals surface area contributed by atoms with E-state index in [0.717, 1.165) is 22.5 Å². The Balaban J connectivity index is 1.42. The van der Waals surface area contributed by atoms with E-state index in [2.05, 4.69) is 15.1 Å². The predicted octanol–water partition coefficient (Wildman–Crippen LogP) is 4.78. The number of benzene rings is 2. The van der Waals surface area contributed by atoms with Crippen LogP contribution in [0.2, 0.25) is 0 Å². The van der Waals surface area contributed by atoms with Gasteiger partial charge in [0.05, 0.1) is 6.61 Å². The molecule has 1 aliphatic heterocycles. The maximum absolute atomic E-state index is 14.2. The normalized spacial score (nSPS) is 15.8. The first-order chi connectivity index (χ1) is 14.6. The zero-order chi connectivity index (χ0) is 20.7. The van der Waals surface area contributed by atoms with E-state index in [1.54, 1.807) is 4.52 Å². The Morgan fingerprint density at radius 3 is 2.80 bits per heavy atom. The van der Waals surface area contributed by atoms with E-state index in [4.69, 9.17) is 9.47 Å². The van der Waals surface area contributed by atoms with E-state index in [0.29, 0.717) is 34.6 Å². The molecule has 0 aliphatic carbocycles. The molecule has 0 spiro atoms. The smallest absolute Gasteiger partial charge is 0.253 e. The van der Waals surface area contributed by atoms with Crippen molar-refractivity contribution in [2.45, 2.75) is 37.7 Å². The highest BCUT2D eigenvalue weighted by molar-refractivity contribution is 7.98. The van der Waals surface area contributed by atoms with Gasteiger partial charge in [-0.25, -0.2) is 13.9 Å². The molecule has 0 amide bonds. The number of fused-ring (bicyclic) bond motifs is 2. The van der Waals surface area contributed by atoms with Gasteiger partial charge in [0.1, 0.15) is 11.6 Å². The Morgan fingerprint density at radius 2 is 1.97 bits per heavy atom. The second-order valence-corrected chi connectivity index (χ2v) is 8.10. The number of hydrogen-bond donors (Lipinski definition) is 0. The average molecular weight is 422 g/mol. The van der Waals surface area contributed by atoms with Crippen molar-refractivity contribution >= 4 is 17.5 Å². The Hall–Kier alpha value is -2.97. The highest BCUT2D eigenvalue weighted by Gasteiger charge is 2.25. The van der Waals surface area contributed by atoms with E-state index < -0.39 is 6.29 Å². The quantitative estimate of drug-likeness (QED) is 0.441. The van der Waals surface area contributed by atoms with Crippen molar-refractivity contribution in [1.29, 1.82) is 0 Å². The molecule has 8 heteroatoms. The van der Waals surface area contributed by atoms with Crippen LogP contribution in [0.1, 0.15) is 34.4 Å². The molecule has 6 nitrogen and oxygen atoms in total. The summed E-state index contributed by atoms with van der Waals surface area (Å²) in [6.07, 6.45) is -0.518. The maximum atomic E-state index is 14.2. The van der Waals surface area contributed by atoms with E-state index >= 15 is 0 Å². The fraction of sp³-hybridized carbons (Fsp3) is 0.227. The minimum absolute atomic E-state index is 0.291. The van der Waals surface area contributed by atoms with Gasteiger partial charge in [-0.1, -0.05) is 42.1 Å². The summed E-state index contributed by atoms with van der Waals surface area (Å²) in [7, 11) is 0. The van der Waals surface area contributed by atoms with Gasteiger partial charge in [-0.15, -0.1) is 5.10 Å². The summed E-state index contributed by atoms with van der Waals surface area (Å²) in [6, 6.07) is 14.6. The third kappa shape index (κ3) is 3.64. The van der Waals surface area contributed by atoms with Crippen molar-refractivity contribution < 1.29 is 13.9 Å². The van der Waals surface area contributed by atoms with Crippen molar-refractivity contribution in [2.24, 2.45) is 0 Å². The van der Waals surface area contributed by atoms with Crippen LogP contribution in [0.5, 0.6) is 5.75 Å². The van der Waals surface area contributed by atoms with Crippen molar-refractivity contribution in [3.8, 4) is 5.75 Å². The van der Waals surface area contributed by atoms with Crippen LogP contribution in [-0.2, 0) is 17.1 Å². The van der Waals surface area contributed by atoms with Gasteiger partial charge >= 0.3 is 0 Å². The Labute approximate surface area is 177 Å².